The molecule has 0 aliphatic rings. The summed E-state index contributed by atoms with van der Waals surface area (Å²) in [4.78, 5) is 16.7. The number of ether oxygens (including phenoxy) is 1. The normalized spacial score (nSPS) is 12.0. The van der Waals surface area contributed by atoms with E-state index in [0.29, 0.717) is 23.6 Å². The maximum Gasteiger partial charge on any atom is 0.252 e. The molecule has 1 unspecified atom stereocenters. The van der Waals surface area contributed by atoms with Gasteiger partial charge in [-0.15, -0.1) is 11.3 Å². The van der Waals surface area contributed by atoms with Gasteiger partial charge >= 0.3 is 0 Å². The Morgan fingerprint density at radius 3 is 2.86 bits per heavy atom. The van der Waals surface area contributed by atoms with Crippen LogP contribution in [-0.2, 0) is 0 Å². The minimum atomic E-state index is -0.191. The number of aryl methyl sites for hydroxylation is 1. The molecule has 3 N–H and O–H groups in total. The van der Waals surface area contributed by atoms with Crippen molar-refractivity contribution in [3.63, 3.8) is 0 Å². The van der Waals surface area contributed by atoms with E-state index < -0.39 is 0 Å². The molecule has 0 bridgehead atoms. The van der Waals surface area contributed by atoms with Gasteiger partial charge in [-0.05, 0) is 32.9 Å². The number of nitrogens with one attached hydrogen (secondary N) is 1. The lowest BCUT2D eigenvalue weighted by Gasteiger charge is -2.13. The highest BCUT2D eigenvalue weighted by Gasteiger charge is 2.15. The van der Waals surface area contributed by atoms with Crippen LogP contribution in [0, 0.1) is 6.92 Å². The number of aromatic nitrogens is 1. The predicted octanol–water partition coefficient (Wildman–Crippen LogP) is 2.92. The highest BCUT2D eigenvalue weighted by molar-refractivity contribution is 7.09. The lowest BCUT2D eigenvalue weighted by molar-refractivity contribution is 0.0939. The first kappa shape index (κ1) is 15.3. The summed E-state index contributed by atoms with van der Waals surface area (Å²) in [5, 5.41) is 5.77. The van der Waals surface area contributed by atoms with E-state index in [0.717, 1.165) is 10.7 Å². The van der Waals surface area contributed by atoms with E-state index in [1.807, 2.05) is 26.2 Å². The third-order valence-corrected chi connectivity index (χ3v) is 4.00. The molecule has 1 aromatic heterocycles. The van der Waals surface area contributed by atoms with Gasteiger partial charge in [0, 0.05) is 28.4 Å². The van der Waals surface area contributed by atoms with Gasteiger partial charge in [-0.2, -0.15) is 0 Å². The summed E-state index contributed by atoms with van der Waals surface area (Å²) >= 11 is 1.53. The molecule has 1 heterocycles. The first-order valence-corrected chi connectivity index (χ1v) is 7.63. The van der Waals surface area contributed by atoms with E-state index in [1.54, 1.807) is 18.2 Å². The first-order valence-electron chi connectivity index (χ1n) is 6.76. The molecule has 0 fully saturated rings. The molecular formula is C15H19N3O2S. The van der Waals surface area contributed by atoms with Gasteiger partial charge in [-0.25, -0.2) is 4.98 Å². The quantitative estimate of drug-likeness (QED) is 0.833. The van der Waals surface area contributed by atoms with Crippen LogP contribution < -0.4 is 15.8 Å². The SMILES string of the molecule is CCOc1cc(N)cc(C(=O)NC(C)c2nc(C)cs2)c1. The van der Waals surface area contributed by atoms with Gasteiger partial charge < -0.3 is 15.8 Å². The smallest absolute Gasteiger partial charge is 0.252 e. The first-order chi connectivity index (χ1) is 9.99. The largest absolute Gasteiger partial charge is 0.494 e. The van der Waals surface area contributed by atoms with Crippen LogP contribution in [0.2, 0.25) is 0 Å². The molecule has 6 heteroatoms. The van der Waals surface area contributed by atoms with Gasteiger partial charge in [0.1, 0.15) is 10.8 Å². The van der Waals surface area contributed by atoms with Crippen LogP contribution in [0.1, 0.15) is 40.9 Å². The molecule has 0 saturated carbocycles. The second-order valence-electron chi connectivity index (χ2n) is 4.75. The number of thiazole rings is 1. The molecule has 0 spiro atoms. The molecule has 21 heavy (non-hydrogen) atoms. The van der Waals surface area contributed by atoms with Crippen molar-refractivity contribution >= 4 is 22.9 Å². The average molecular weight is 305 g/mol. The number of nitrogen functional groups attached to an aromatic ring is 1. The molecule has 112 valence electrons. The van der Waals surface area contributed by atoms with Crippen molar-refractivity contribution in [2.75, 3.05) is 12.3 Å². The summed E-state index contributed by atoms with van der Waals surface area (Å²) in [6.07, 6.45) is 0. The third kappa shape index (κ3) is 3.95. The molecule has 1 aromatic carbocycles. The van der Waals surface area contributed by atoms with Crippen molar-refractivity contribution < 1.29 is 9.53 Å². The van der Waals surface area contributed by atoms with Crippen molar-refractivity contribution in [1.82, 2.24) is 10.3 Å². The fourth-order valence-corrected chi connectivity index (χ4v) is 2.72. The summed E-state index contributed by atoms with van der Waals surface area (Å²) in [5.41, 5.74) is 7.75. The van der Waals surface area contributed by atoms with E-state index >= 15 is 0 Å². The fraction of sp³-hybridized carbons (Fsp3) is 0.333. The van der Waals surface area contributed by atoms with Gasteiger partial charge in [0.2, 0.25) is 0 Å². The Morgan fingerprint density at radius 1 is 1.48 bits per heavy atom. The topological polar surface area (TPSA) is 77.2 Å². The molecule has 0 saturated heterocycles. The van der Waals surface area contributed by atoms with Crippen LogP contribution in [0.4, 0.5) is 5.69 Å². The molecule has 5 nitrogen and oxygen atoms in total. The number of benzene rings is 1. The Kier molecular flexibility index (Phi) is 4.80. The van der Waals surface area contributed by atoms with E-state index in [9.17, 15) is 4.79 Å². The molecular weight excluding hydrogens is 286 g/mol. The standard InChI is InChI=1S/C15H19N3O2S/c1-4-20-13-6-11(5-12(16)7-13)14(19)18-10(3)15-17-9(2)8-21-15/h5-8,10H,4,16H2,1-3H3,(H,18,19). The van der Waals surface area contributed by atoms with Crippen molar-refractivity contribution in [1.29, 1.82) is 0 Å². The van der Waals surface area contributed by atoms with Gasteiger partial charge in [-0.3, -0.25) is 4.79 Å². The number of anilines is 1. The van der Waals surface area contributed by atoms with Crippen molar-refractivity contribution in [2.24, 2.45) is 0 Å². The Hall–Kier alpha value is -2.08. The molecule has 0 radical (unpaired) electrons. The second kappa shape index (κ2) is 6.58. The Morgan fingerprint density at radius 2 is 2.24 bits per heavy atom. The Bertz CT molecular complexity index is 640. The summed E-state index contributed by atoms with van der Waals surface area (Å²) in [7, 11) is 0. The van der Waals surface area contributed by atoms with Crippen LogP contribution in [0.15, 0.2) is 23.6 Å². The number of carbonyl (C=O) groups excluding carboxylic acids is 1. The fourth-order valence-electron chi connectivity index (χ4n) is 1.92. The minimum Gasteiger partial charge on any atom is -0.494 e. The van der Waals surface area contributed by atoms with Gasteiger partial charge in [-0.1, -0.05) is 0 Å². The molecule has 2 aromatic rings. The lowest BCUT2D eigenvalue weighted by atomic mass is 10.1. The molecule has 2 rings (SSSR count). The summed E-state index contributed by atoms with van der Waals surface area (Å²) < 4.78 is 5.40. The van der Waals surface area contributed by atoms with E-state index in [1.165, 1.54) is 11.3 Å². The maximum absolute atomic E-state index is 12.3. The third-order valence-electron chi connectivity index (χ3n) is 2.86. The number of rotatable bonds is 5. The monoisotopic (exact) mass is 305 g/mol. The summed E-state index contributed by atoms with van der Waals surface area (Å²) in [6.45, 7) is 6.25. The Balaban J connectivity index is 2.12. The minimum absolute atomic E-state index is 0.145. The second-order valence-corrected chi connectivity index (χ2v) is 5.64. The zero-order chi connectivity index (χ0) is 15.4. The van der Waals surface area contributed by atoms with Crippen LogP contribution >= 0.6 is 11.3 Å². The zero-order valence-corrected chi connectivity index (χ0v) is 13.2. The van der Waals surface area contributed by atoms with E-state index in [2.05, 4.69) is 10.3 Å². The highest BCUT2D eigenvalue weighted by atomic mass is 32.1. The number of nitrogens with zero attached hydrogens (tertiary/aromatic N) is 1. The average Bonchev–Trinajstić information content (AvgIpc) is 2.85. The predicted molar refractivity (Wildman–Crippen MR) is 84.8 cm³/mol. The highest BCUT2D eigenvalue weighted by Crippen LogP contribution is 2.21. The van der Waals surface area contributed by atoms with Gasteiger partial charge in [0.15, 0.2) is 0 Å². The van der Waals surface area contributed by atoms with Gasteiger partial charge in [0.05, 0.1) is 12.6 Å². The van der Waals surface area contributed by atoms with Crippen molar-refractivity contribution in [3.05, 3.63) is 39.8 Å². The zero-order valence-electron chi connectivity index (χ0n) is 12.3. The van der Waals surface area contributed by atoms with Crippen LogP contribution in [0.3, 0.4) is 0 Å². The molecule has 1 amide bonds. The number of hydrogen-bond acceptors (Lipinski definition) is 5. The van der Waals surface area contributed by atoms with Crippen LogP contribution in [0.25, 0.3) is 0 Å². The van der Waals surface area contributed by atoms with Crippen LogP contribution in [0.5, 0.6) is 5.75 Å². The number of amides is 1. The molecule has 1 atom stereocenters. The summed E-state index contributed by atoms with van der Waals surface area (Å²) in [5.74, 6) is 0.406. The van der Waals surface area contributed by atoms with Crippen molar-refractivity contribution in [2.45, 2.75) is 26.8 Å². The van der Waals surface area contributed by atoms with Crippen LogP contribution in [-0.4, -0.2) is 17.5 Å². The van der Waals surface area contributed by atoms with Crippen molar-refractivity contribution in [3.8, 4) is 5.75 Å². The van der Waals surface area contributed by atoms with Gasteiger partial charge in [0.25, 0.3) is 5.91 Å². The Labute approximate surface area is 128 Å². The number of carbonyl (C=O) groups is 1. The van der Waals surface area contributed by atoms with E-state index in [-0.39, 0.29) is 11.9 Å². The maximum atomic E-state index is 12.3. The lowest BCUT2D eigenvalue weighted by Crippen LogP contribution is -2.26. The number of nitrogens with two attached hydrogens (primary N) is 1. The summed E-state index contributed by atoms with van der Waals surface area (Å²) in [6, 6.07) is 4.88. The number of hydrogen-bond donors (Lipinski definition) is 2. The van der Waals surface area contributed by atoms with E-state index in [4.69, 9.17) is 10.5 Å². The molecule has 0 aliphatic heterocycles. The molecule has 0 aliphatic carbocycles.